The Kier molecular flexibility index (Phi) is 3.77. The van der Waals surface area contributed by atoms with Crippen molar-refractivity contribution in [1.29, 1.82) is 0 Å². The van der Waals surface area contributed by atoms with Crippen LogP contribution in [0.15, 0.2) is 24.3 Å². The van der Waals surface area contributed by atoms with Crippen molar-refractivity contribution in [1.82, 2.24) is 4.90 Å². The number of nitrogens with zero attached hydrogens (tertiary/aromatic N) is 2. The van der Waals surface area contributed by atoms with Crippen molar-refractivity contribution in [2.75, 3.05) is 11.4 Å². The van der Waals surface area contributed by atoms with Crippen molar-refractivity contribution in [3.05, 3.63) is 29.8 Å². The van der Waals surface area contributed by atoms with Gasteiger partial charge in [0.25, 0.3) is 0 Å². The molecule has 1 aromatic rings. The van der Waals surface area contributed by atoms with E-state index in [1.54, 1.807) is 24.3 Å². The summed E-state index contributed by atoms with van der Waals surface area (Å²) in [6.07, 6.45) is 6.28. The lowest BCUT2D eigenvalue weighted by atomic mass is 9.48. The lowest BCUT2D eigenvalue weighted by Crippen LogP contribution is -2.53. The van der Waals surface area contributed by atoms with Crippen molar-refractivity contribution >= 4 is 29.3 Å². The summed E-state index contributed by atoms with van der Waals surface area (Å²) in [5.74, 6) is -0.00900. The molecular formula is C22H24N2O4. The second-order valence-electron chi connectivity index (χ2n) is 9.27. The van der Waals surface area contributed by atoms with Crippen LogP contribution < -0.4 is 4.90 Å². The Morgan fingerprint density at radius 3 is 2.00 bits per heavy atom. The first-order valence-corrected chi connectivity index (χ1v) is 10.2. The van der Waals surface area contributed by atoms with Crippen molar-refractivity contribution in [3.63, 3.8) is 0 Å². The molecule has 0 spiro atoms. The van der Waals surface area contributed by atoms with Gasteiger partial charge in [-0.05, 0) is 75.3 Å². The second kappa shape index (κ2) is 6.00. The number of hydrogen-bond acceptors (Lipinski definition) is 4. The summed E-state index contributed by atoms with van der Waals surface area (Å²) in [5.41, 5.74) is 0.956. The van der Waals surface area contributed by atoms with Crippen molar-refractivity contribution < 1.29 is 19.2 Å². The third-order valence-electron chi connectivity index (χ3n) is 7.28. The first-order valence-electron chi connectivity index (χ1n) is 10.2. The normalized spacial score (nSPS) is 33.9. The lowest BCUT2D eigenvalue weighted by molar-refractivity contribution is -0.148. The second-order valence-corrected chi connectivity index (χ2v) is 9.27. The zero-order valence-corrected chi connectivity index (χ0v) is 16.0. The van der Waals surface area contributed by atoms with Crippen LogP contribution in [0.1, 0.15) is 44.1 Å². The molecule has 1 heterocycles. The summed E-state index contributed by atoms with van der Waals surface area (Å²) in [4.78, 5) is 52.8. The Morgan fingerprint density at radius 1 is 0.929 bits per heavy atom. The van der Waals surface area contributed by atoms with E-state index in [2.05, 4.69) is 0 Å². The minimum atomic E-state index is -0.899. The standard InChI is InChI=1S/C22H24N2O4/c1-13-2-4-17(5-3-13)24-20(27)19(26)23(21(24)28)12-18(25)22-9-14-6-15(10-22)8-16(7-14)11-22/h2-5,14-16H,6-12H2,1H3. The molecule has 6 heteroatoms. The number of hydrogen-bond donors (Lipinski definition) is 0. The van der Waals surface area contributed by atoms with Gasteiger partial charge in [-0.3, -0.25) is 14.4 Å². The molecule has 0 unspecified atom stereocenters. The smallest absolute Gasteiger partial charge is 0.297 e. The third kappa shape index (κ3) is 2.54. The van der Waals surface area contributed by atoms with Gasteiger partial charge < -0.3 is 0 Å². The molecule has 4 saturated carbocycles. The van der Waals surface area contributed by atoms with Gasteiger partial charge in [0.15, 0.2) is 5.78 Å². The van der Waals surface area contributed by atoms with E-state index in [1.807, 2.05) is 6.92 Å². The van der Waals surface area contributed by atoms with Gasteiger partial charge in [-0.2, -0.15) is 0 Å². The van der Waals surface area contributed by atoms with Gasteiger partial charge in [-0.25, -0.2) is 14.6 Å². The summed E-state index contributed by atoms with van der Waals surface area (Å²) < 4.78 is 0. The highest BCUT2D eigenvalue weighted by Crippen LogP contribution is 2.60. The first-order chi connectivity index (χ1) is 13.4. The van der Waals surface area contributed by atoms with Gasteiger partial charge in [-0.1, -0.05) is 17.7 Å². The largest absolute Gasteiger partial charge is 0.339 e. The summed E-state index contributed by atoms with van der Waals surface area (Å²) in [5, 5.41) is 0. The zero-order chi connectivity index (χ0) is 19.6. The van der Waals surface area contributed by atoms with Crippen LogP contribution in [0.5, 0.6) is 0 Å². The molecule has 0 aromatic heterocycles. The van der Waals surface area contributed by atoms with Gasteiger partial charge in [0, 0.05) is 5.41 Å². The highest BCUT2D eigenvalue weighted by molar-refractivity contribution is 6.53. The lowest BCUT2D eigenvalue weighted by Gasteiger charge is -2.56. The van der Waals surface area contributed by atoms with Crippen molar-refractivity contribution in [2.24, 2.45) is 23.2 Å². The highest BCUT2D eigenvalue weighted by atomic mass is 16.2. The van der Waals surface area contributed by atoms with Crippen LogP contribution in [-0.2, 0) is 14.4 Å². The molecule has 6 nitrogen and oxygen atoms in total. The number of imide groups is 2. The maximum atomic E-state index is 13.3. The molecular weight excluding hydrogens is 356 g/mol. The van der Waals surface area contributed by atoms with Crippen LogP contribution in [0.2, 0.25) is 0 Å². The molecule has 1 aromatic carbocycles. The van der Waals surface area contributed by atoms with Gasteiger partial charge in [0.2, 0.25) is 0 Å². The van der Waals surface area contributed by atoms with Crippen LogP contribution >= 0.6 is 0 Å². The number of benzene rings is 1. The molecule has 5 aliphatic rings. The van der Waals surface area contributed by atoms with Crippen LogP contribution in [0.4, 0.5) is 10.5 Å². The fourth-order valence-electron chi connectivity index (χ4n) is 6.33. The van der Waals surface area contributed by atoms with Gasteiger partial charge in [0.1, 0.15) is 0 Å². The van der Waals surface area contributed by atoms with Crippen LogP contribution in [0, 0.1) is 30.1 Å². The number of amides is 4. The number of rotatable bonds is 4. The number of carbonyl (C=O) groups excluding carboxylic acids is 4. The van der Waals surface area contributed by atoms with Crippen LogP contribution in [0.3, 0.4) is 0 Å². The Balaban J connectivity index is 1.37. The minimum absolute atomic E-state index is 0.0353. The van der Waals surface area contributed by atoms with E-state index < -0.39 is 23.3 Å². The molecule has 0 atom stereocenters. The molecule has 1 saturated heterocycles. The number of aryl methyl sites for hydroxylation is 1. The number of urea groups is 1. The average molecular weight is 380 g/mol. The van der Waals surface area contributed by atoms with Crippen molar-refractivity contribution in [2.45, 2.75) is 45.4 Å². The number of Topliss-reactive ketones (excluding diaryl/α,β-unsaturated/α-hetero) is 1. The van der Waals surface area contributed by atoms with E-state index in [1.165, 1.54) is 19.3 Å². The van der Waals surface area contributed by atoms with E-state index in [0.717, 1.165) is 34.6 Å². The Labute approximate surface area is 163 Å². The Morgan fingerprint density at radius 2 is 1.46 bits per heavy atom. The van der Waals surface area contributed by atoms with E-state index >= 15 is 0 Å². The van der Waals surface area contributed by atoms with Gasteiger partial charge in [-0.15, -0.1) is 0 Å². The molecule has 4 bridgehead atoms. The predicted octanol–water partition coefficient (Wildman–Crippen LogP) is 3.08. The van der Waals surface area contributed by atoms with Gasteiger partial charge >= 0.3 is 17.8 Å². The predicted molar refractivity (Wildman–Crippen MR) is 101 cm³/mol. The maximum absolute atomic E-state index is 13.3. The molecule has 5 fully saturated rings. The van der Waals surface area contributed by atoms with Gasteiger partial charge in [0.05, 0.1) is 12.2 Å². The molecule has 146 valence electrons. The third-order valence-corrected chi connectivity index (χ3v) is 7.28. The van der Waals surface area contributed by atoms with E-state index in [0.29, 0.717) is 23.4 Å². The number of ketones is 1. The molecule has 1 aliphatic heterocycles. The summed E-state index contributed by atoms with van der Waals surface area (Å²) in [6.45, 7) is 1.62. The summed E-state index contributed by atoms with van der Waals surface area (Å²) in [7, 11) is 0. The topological polar surface area (TPSA) is 74.8 Å². The van der Waals surface area contributed by atoms with E-state index in [9.17, 15) is 19.2 Å². The highest BCUT2D eigenvalue weighted by Gasteiger charge is 2.56. The maximum Gasteiger partial charge on any atom is 0.339 e. The SMILES string of the molecule is Cc1ccc(N2C(=O)C(=O)N(CC(=O)C34CC5CC(CC(C5)C3)C4)C2=O)cc1. The molecule has 0 N–H and O–H groups in total. The van der Waals surface area contributed by atoms with Crippen molar-refractivity contribution in [3.8, 4) is 0 Å². The number of carbonyl (C=O) groups is 4. The molecule has 4 aliphatic carbocycles. The molecule has 0 radical (unpaired) electrons. The quantitative estimate of drug-likeness (QED) is 0.594. The zero-order valence-electron chi connectivity index (χ0n) is 16.0. The summed E-state index contributed by atoms with van der Waals surface area (Å²) >= 11 is 0. The Hall–Kier alpha value is -2.50. The first kappa shape index (κ1) is 17.6. The van der Waals surface area contributed by atoms with E-state index in [4.69, 9.17) is 0 Å². The van der Waals surface area contributed by atoms with Crippen LogP contribution in [0.25, 0.3) is 0 Å². The monoisotopic (exact) mass is 380 g/mol. The minimum Gasteiger partial charge on any atom is -0.297 e. The Bertz CT molecular complexity index is 853. The fraction of sp³-hybridized carbons (Fsp3) is 0.545. The summed E-state index contributed by atoms with van der Waals surface area (Å²) in [6, 6.07) is 6.13. The average Bonchev–Trinajstić information content (AvgIpc) is 2.85. The molecule has 28 heavy (non-hydrogen) atoms. The number of anilines is 1. The molecule has 6 rings (SSSR count). The fourth-order valence-corrected chi connectivity index (χ4v) is 6.33. The van der Waals surface area contributed by atoms with E-state index in [-0.39, 0.29) is 12.3 Å². The molecule has 4 amide bonds. The van der Waals surface area contributed by atoms with Crippen LogP contribution in [-0.4, -0.2) is 35.1 Å².